The highest BCUT2D eigenvalue weighted by Gasteiger charge is 2.19. The molecule has 0 atom stereocenters. The second-order valence-electron chi connectivity index (χ2n) is 7.50. The van der Waals surface area contributed by atoms with Gasteiger partial charge in [-0.3, -0.25) is 9.36 Å². The van der Waals surface area contributed by atoms with E-state index in [9.17, 15) is 4.79 Å². The first kappa shape index (κ1) is 22.9. The summed E-state index contributed by atoms with van der Waals surface area (Å²) in [6, 6.07) is 22.9. The molecular weight excluding hydrogens is 456 g/mol. The molecule has 1 aromatic heterocycles. The van der Waals surface area contributed by atoms with Crippen molar-refractivity contribution < 1.29 is 9.53 Å². The van der Waals surface area contributed by atoms with Gasteiger partial charge in [-0.15, -0.1) is 10.2 Å². The van der Waals surface area contributed by atoms with E-state index in [0.717, 1.165) is 27.7 Å². The number of ether oxygens (including phenoxy) is 1. The van der Waals surface area contributed by atoms with E-state index in [1.165, 1.54) is 0 Å². The summed E-state index contributed by atoms with van der Waals surface area (Å²) in [6.07, 6.45) is 0. The average Bonchev–Trinajstić information content (AvgIpc) is 3.26. The Morgan fingerprint density at radius 3 is 2.36 bits per heavy atom. The quantitative estimate of drug-likeness (QED) is 0.324. The highest BCUT2D eigenvalue weighted by molar-refractivity contribution is 7.98. The number of methoxy groups -OCH3 is 1. The van der Waals surface area contributed by atoms with E-state index < -0.39 is 0 Å². The van der Waals surface area contributed by atoms with Gasteiger partial charge in [0.2, 0.25) is 0 Å². The predicted octanol–water partition coefficient (Wildman–Crippen LogP) is 5.59. The summed E-state index contributed by atoms with van der Waals surface area (Å²) in [4.78, 5) is 13.7. The van der Waals surface area contributed by atoms with Crippen LogP contribution in [0.25, 0.3) is 17.1 Å². The summed E-state index contributed by atoms with van der Waals surface area (Å²) >= 11 is 7.69. The number of benzene rings is 3. The van der Waals surface area contributed by atoms with E-state index in [2.05, 4.69) is 10.2 Å². The van der Waals surface area contributed by atoms with Crippen LogP contribution in [0.3, 0.4) is 0 Å². The lowest BCUT2D eigenvalue weighted by Gasteiger charge is -2.13. The highest BCUT2D eigenvalue weighted by Crippen LogP contribution is 2.34. The van der Waals surface area contributed by atoms with E-state index in [0.29, 0.717) is 22.2 Å². The number of aromatic nitrogens is 3. The van der Waals surface area contributed by atoms with Crippen LogP contribution >= 0.6 is 23.4 Å². The maximum atomic E-state index is 12.1. The molecule has 0 unspecified atom stereocenters. The maximum absolute atomic E-state index is 12.1. The number of rotatable bonds is 7. The van der Waals surface area contributed by atoms with Crippen LogP contribution in [-0.4, -0.2) is 46.8 Å². The Bertz CT molecular complexity index is 1250. The van der Waals surface area contributed by atoms with Gasteiger partial charge in [0.15, 0.2) is 11.0 Å². The Morgan fingerprint density at radius 2 is 1.70 bits per heavy atom. The Hall–Kier alpha value is -3.29. The number of carbonyl (C=O) groups is 1. The fourth-order valence-corrected chi connectivity index (χ4v) is 4.37. The first-order valence-corrected chi connectivity index (χ1v) is 11.6. The zero-order valence-corrected chi connectivity index (χ0v) is 20.1. The van der Waals surface area contributed by atoms with E-state index in [4.69, 9.17) is 16.3 Å². The normalized spacial score (nSPS) is 10.8. The zero-order chi connectivity index (χ0) is 23.4. The minimum Gasteiger partial charge on any atom is -0.496 e. The van der Waals surface area contributed by atoms with E-state index in [1.54, 1.807) is 37.9 Å². The van der Waals surface area contributed by atoms with Crippen molar-refractivity contribution >= 4 is 29.3 Å². The van der Waals surface area contributed by atoms with Crippen molar-refractivity contribution in [3.63, 3.8) is 0 Å². The molecule has 1 amide bonds. The van der Waals surface area contributed by atoms with Crippen molar-refractivity contribution in [2.75, 3.05) is 21.2 Å². The third-order valence-corrected chi connectivity index (χ3v) is 6.29. The molecule has 8 heteroatoms. The SMILES string of the molecule is COc1ccccc1-c1nnc(SCc2ccc(C(=O)N(C)C)cc2)n1-c1ccc(Cl)cc1. The van der Waals surface area contributed by atoms with Gasteiger partial charge in [0.1, 0.15) is 5.75 Å². The molecule has 4 aromatic rings. The molecule has 3 aromatic carbocycles. The van der Waals surface area contributed by atoms with Crippen molar-refractivity contribution in [3.8, 4) is 22.8 Å². The van der Waals surface area contributed by atoms with Crippen LogP contribution in [-0.2, 0) is 5.75 Å². The second-order valence-corrected chi connectivity index (χ2v) is 8.88. The van der Waals surface area contributed by atoms with Crippen LogP contribution in [0.1, 0.15) is 15.9 Å². The maximum Gasteiger partial charge on any atom is 0.253 e. The Kier molecular flexibility index (Phi) is 7.01. The van der Waals surface area contributed by atoms with Gasteiger partial charge in [-0.05, 0) is 54.1 Å². The Balaban J connectivity index is 1.66. The van der Waals surface area contributed by atoms with Crippen molar-refractivity contribution in [1.29, 1.82) is 0 Å². The smallest absolute Gasteiger partial charge is 0.253 e. The van der Waals surface area contributed by atoms with Crippen LogP contribution in [0.15, 0.2) is 78.0 Å². The lowest BCUT2D eigenvalue weighted by Crippen LogP contribution is -2.21. The number of thioether (sulfide) groups is 1. The minimum atomic E-state index is -0.0156. The lowest BCUT2D eigenvalue weighted by molar-refractivity contribution is 0.0827. The lowest BCUT2D eigenvalue weighted by atomic mass is 10.1. The third kappa shape index (κ3) is 5.05. The number of para-hydroxylation sites is 1. The molecule has 0 bridgehead atoms. The fraction of sp³-hybridized carbons (Fsp3) is 0.160. The summed E-state index contributed by atoms with van der Waals surface area (Å²) in [7, 11) is 5.13. The van der Waals surface area contributed by atoms with Gasteiger partial charge < -0.3 is 9.64 Å². The van der Waals surface area contributed by atoms with Gasteiger partial charge in [0, 0.05) is 36.1 Å². The minimum absolute atomic E-state index is 0.0156. The van der Waals surface area contributed by atoms with Crippen molar-refractivity contribution in [2.45, 2.75) is 10.9 Å². The molecule has 33 heavy (non-hydrogen) atoms. The largest absolute Gasteiger partial charge is 0.496 e. The van der Waals surface area contributed by atoms with Gasteiger partial charge in [-0.1, -0.05) is 47.6 Å². The summed E-state index contributed by atoms with van der Waals surface area (Å²) in [6.45, 7) is 0. The summed E-state index contributed by atoms with van der Waals surface area (Å²) < 4.78 is 7.56. The van der Waals surface area contributed by atoms with Gasteiger partial charge >= 0.3 is 0 Å². The van der Waals surface area contributed by atoms with Crippen molar-refractivity contribution in [1.82, 2.24) is 19.7 Å². The number of carbonyl (C=O) groups excluding carboxylic acids is 1. The first-order chi connectivity index (χ1) is 16.0. The highest BCUT2D eigenvalue weighted by atomic mass is 35.5. The predicted molar refractivity (Wildman–Crippen MR) is 132 cm³/mol. The number of hydrogen-bond acceptors (Lipinski definition) is 5. The van der Waals surface area contributed by atoms with Crippen LogP contribution < -0.4 is 4.74 Å². The van der Waals surface area contributed by atoms with Crippen molar-refractivity contribution in [3.05, 3.63) is 88.9 Å². The molecule has 0 saturated heterocycles. The molecule has 0 aliphatic rings. The van der Waals surface area contributed by atoms with E-state index in [-0.39, 0.29) is 5.91 Å². The van der Waals surface area contributed by atoms with Gasteiger partial charge in [0.25, 0.3) is 5.91 Å². The number of amides is 1. The zero-order valence-electron chi connectivity index (χ0n) is 18.5. The van der Waals surface area contributed by atoms with Crippen LogP contribution in [0.5, 0.6) is 5.75 Å². The molecule has 0 aliphatic heterocycles. The monoisotopic (exact) mass is 478 g/mol. The molecule has 4 rings (SSSR count). The summed E-state index contributed by atoms with van der Waals surface area (Å²) in [5, 5.41) is 10.4. The average molecular weight is 479 g/mol. The number of hydrogen-bond donors (Lipinski definition) is 0. The third-order valence-electron chi connectivity index (χ3n) is 5.04. The summed E-state index contributed by atoms with van der Waals surface area (Å²) in [5.41, 5.74) is 3.50. The topological polar surface area (TPSA) is 60.3 Å². The Labute approximate surface area is 202 Å². The molecular formula is C25H23ClN4O2S. The molecule has 0 radical (unpaired) electrons. The van der Waals surface area contributed by atoms with Crippen LogP contribution in [0, 0.1) is 0 Å². The molecule has 0 fully saturated rings. The molecule has 1 heterocycles. The molecule has 0 spiro atoms. The van der Waals surface area contributed by atoms with Crippen LogP contribution in [0.2, 0.25) is 5.02 Å². The molecule has 0 N–H and O–H groups in total. The van der Waals surface area contributed by atoms with Crippen molar-refractivity contribution in [2.24, 2.45) is 0 Å². The van der Waals surface area contributed by atoms with E-state index >= 15 is 0 Å². The fourth-order valence-electron chi connectivity index (χ4n) is 3.34. The number of nitrogens with zero attached hydrogens (tertiary/aromatic N) is 4. The molecule has 6 nitrogen and oxygen atoms in total. The molecule has 0 aliphatic carbocycles. The van der Waals surface area contributed by atoms with E-state index in [1.807, 2.05) is 77.4 Å². The van der Waals surface area contributed by atoms with Crippen LogP contribution in [0.4, 0.5) is 0 Å². The van der Waals surface area contributed by atoms with Gasteiger partial charge in [0.05, 0.1) is 12.7 Å². The van der Waals surface area contributed by atoms with Gasteiger partial charge in [-0.25, -0.2) is 0 Å². The standard InChI is InChI=1S/C25H23ClN4O2S/c1-29(2)24(31)18-10-8-17(9-11-18)16-33-25-28-27-23(21-6-4-5-7-22(21)32-3)30(25)20-14-12-19(26)13-15-20/h4-15H,16H2,1-3H3. The van der Waals surface area contributed by atoms with Gasteiger partial charge in [-0.2, -0.15) is 0 Å². The second kappa shape index (κ2) is 10.1. The molecule has 0 saturated carbocycles. The first-order valence-electron chi connectivity index (χ1n) is 10.3. The molecule has 168 valence electrons. The number of halogens is 1. The Morgan fingerprint density at radius 1 is 1.00 bits per heavy atom. The summed E-state index contributed by atoms with van der Waals surface area (Å²) in [5.74, 6) is 2.06.